The lowest BCUT2D eigenvalue weighted by Crippen LogP contribution is -3.06. The number of furan rings is 1. The molecular weight excluding hydrogens is 398 g/mol. The van der Waals surface area contributed by atoms with Gasteiger partial charge in [0.1, 0.15) is 37.0 Å². The maximum Gasteiger partial charge on any atom is 0.287 e. The molecule has 31 heavy (non-hydrogen) atoms. The molecule has 4 heterocycles. The van der Waals surface area contributed by atoms with Crippen molar-refractivity contribution < 1.29 is 23.6 Å². The Hall–Kier alpha value is -3.01. The lowest BCUT2D eigenvalue weighted by molar-refractivity contribution is -0.908. The molecular formula is C22H26N5O4+. The van der Waals surface area contributed by atoms with E-state index in [1.807, 2.05) is 16.9 Å². The van der Waals surface area contributed by atoms with Crippen molar-refractivity contribution in [3.63, 3.8) is 0 Å². The first-order chi connectivity index (χ1) is 15.2. The number of aromatic nitrogens is 3. The van der Waals surface area contributed by atoms with E-state index in [4.69, 9.17) is 13.9 Å². The van der Waals surface area contributed by atoms with Crippen LogP contribution in [0.4, 0.5) is 0 Å². The molecule has 2 N–H and O–H groups in total. The highest BCUT2D eigenvalue weighted by Crippen LogP contribution is 2.34. The van der Waals surface area contributed by atoms with Gasteiger partial charge >= 0.3 is 0 Å². The van der Waals surface area contributed by atoms with Crippen LogP contribution in [0, 0.1) is 0 Å². The summed E-state index contributed by atoms with van der Waals surface area (Å²) in [5.41, 5.74) is 2.22. The first-order valence-electron chi connectivity index (χ1n) is 10.5. The molecule has 1 aromatic carbocycles. The molecule has 162 valence electrons. The second-order valence-electron chi connectivity index (χ2n) is 8.21. The Morgan fingerprint density at radius 2 is 1.97 bits per heavy atom. The summed E-state index contributed by atoms with van der Waals surface area (Å²) in [6.45, 7) is 2.56. The molecule has 2 aliphatic heterocycles. The molecule has 0 bridgehead atoms. The van der Waals surface area contributed by atoms with E-state index in [1.165, 1.54) is 16.7 Å². The Morgan fingerprint density at radius 1 is 1.13 bits per heavy atom. The average Bonchev–Trinajstić information content (AvgIpc) is 3.55. The smallest absolute Gasteiger partial charge is 0.287 e. The Kier molecular flexibility index (Phi) is 5.54. The fourth-order valence-corrected chi connectivity index (χ4v) is 4.35. The number of rotatable bonds is 7. The number of amides is 1. The van der Waals surface area contributed by atoms with Gasteiger partial charge in [-0.05, 0) is 12.1 Å². The predicted octanol–water partition coefficient (Wildman–Crippen LogP) is 0.223. The van der Waals surface area contributed by atoms with E-state index in [1.54, 1.807) is 12.1 Å². The zero-order chi connectivity index (χ0) is 21.2. The van der Waals surface area contributed by atoms with E-state index < -0.39 is 0 Å². The summed E-state index contributed by atoms with van der Waals surface area (Å²) in [6.07, 6.45) is 3.06. The molecule has 2 fully saturated rings. The third kappa shape index (κ3) is 4.25. The van der Waals surface area contributed by atoms with E-state index in [-0.39, 0.29) is 36.0 Å². The van der Waals surface area contributed by atoms with Crippen molar-refractivity contribution in [3.8, 4) is 0 Å². The summed E-state index contributed by atoms with van der Waals surface area (Å²) in [5.74, 6) is 0.0137. The second-order valence-corrected chi connectivity index (χ2v) is 8.21. The molecule has 0 radical (unpaired) electrons. The van der Waals surface area contributed by atoms with E-state index in [0.717, 1.165) is 18.8 Å². The van der Waals surface area contributed by atoms with Crippen molar-refractivity contribution in [2.45, 2.75) is 37.4 Å². The lowest BCUT2D eigenvalue weighted by Gasteiger charge is -2.17. The first-order valence-corrected chi connectivity index (χ1v) is 10.5. The fourth-order valence-electron chi connectivity index (χ4n) is 4.35. The third-order valence-corrected chi connectivity index (χ3v) is 5.82. The summed E-state index contributed by atoms with van der Waals surface area (Å²) < 4.78 is 19.0. The van der Waals surface area contributed by atoms with Crippen molar-refractivity contribution in [2.75, 3.05) is 20.3 Å². The van der Waals surface area contributed by atoms with Crippen LogP contribution in [-0.2, 0) is 22.6 Å². The third-order valence-electron chi connectivity index (χ3n) is 5.82. The Morgan fingerprint density at radius 3 is 2.77 bits per heavy atom. The highest BCUT2D eigenvalue weighted by atomic mass is 16.6. The van der Waals surface area contributed by atoms with Gasteiger partial charge in [0.25, 0.3) is 5.91 Å². The number of hydrogen-bond donors (Lipinski definition) is 2. The predicted molar refractivity (Wildman–Crippen MR) is 109 cm³/mol. The monoisotopic (exact) mass is 424 g/mol. The largest absolute Gasteiger partial charge is 0.459 e. The number of fused-ring (bicyclic) bond motifs is 1. The lowest BCUT2D eigenvalue weighted by atomic mass is 10.1. The van der Waals surface area contributed by atoms with Crippen molar-refractivity contribution in [2.24, 2.45) is 0 Å². The normalized spacial score (nSPS) is 26.0. The Labute approximate surface area is 179 Å². The number of carbonyl (C=O) groups is 1. The number of benzene rings is 1. The molecule has 5 atom stereocenters. The van der Waals surface area contributed by atoms with Gasteiger partial charge in [-0.1, -0.05) is 35.5 Å². The summed E-state index contributed by atoms with van der Waals surface area (Å²) in [4.78, 5) is 13.6. The molecule has 2 aliphatic rings. The molecule has 2 aromatic heterocycles. The number of hydrogen-bond acceptors (Lipinski definition) is 6. The van der Waals surface area contributed by atoms with E-state index in [0.29, 0.717) is 13.2 Å². The number of quaternary nitrogens is 1. The van der Waals surface area contributed by atoms with Gasteiger partial charge in [0.05, 0.1) is 38.8 Å². The van der Waals surface area contributed by atoms with Crippen LogP contribution in [0.3, 0.4) is 0 Å². The SMILES string of the molecule is C[NH+](Cc1ccccc1)Cc1cn([C@H]2CO[C@H]3[C@@H]2OC[C@@H]3NC(=O)c2ccco2)nn1. The fraction of sp³-hybridized carbons (Fsp3) is 0.409. The molecule has 9 heteroatoms. The standard InChI is InChI=1S/C22H25N5O4/c1-26(10-15-6-3-2-4-7-15)11-16-12-27(25-24-16)18-14-31-20-17(13-30-21(18)20)23-22(28)19-8-5-9-29-19/h2-9,12,17-18,20-21H,10-11,13-14H2,1H3,(H,23,28)/p+1/t17-,18-,20+,21+/m0/s1. The van der Waals surface area contributed by atoms with Gasteiger partial charge in [0, 0.05) is 5.56 Å². The van der Waals surface area contributed by atoms with Crippen LogP contribution in [0.1, 0.15) is 27.9 Å². The van der Waals surface area contributed by atoms with Crippen molar-refractivity contribution >= 4 is 5.91 Å². The highest BCUT2D eigenvalue weighted by Gasteiger charge is 2.49. The number of nitrogens with zero attached hydrogens (tertiary/aromatic N) is 3. The minimum Gasteiger partial charge on any atom is -0.459 e. The van der Waals surface area contributed by atoms with Crippen LogP contribution in [0.15, 0.2) is 59.3 Å². The molecule has 1 unspecified atom stereocenters. The van der Waals surface area contributed by atoms with Crippen LogP contribution < -0.4 is 10.2 Å². The van der Waals surface area contributed by atoms with Crippen LogP contribution >= 0.6 is 0 Å². The summed E-state index contributed by atoms with van der Waals surface area (Å²) in [6, 6.07) is 13.4. The topological polar surface area (TPSA) is 95.8 Å². The maximum atomic E-state index is 12.3. The zero-order valence-electron chi connectivity index (χ0n) is 17.3. The van der Waals surface area contributed by atoms with Gasteiger partial charge in [-0.25, -0.2) is 4.68 Å². The average molecular weight is 424 g/mol. The summed E-state index contributed by atoms with van der Waals surface area (Å²) >= 11 is 0. The van der Waals surface area contributed by atoms with Crippen molar-refractivity contribution in [1.29, 1.82) is 0 Å². The van der Waals surface area contributed by atoms with Crippen molar-refractivity contribution in [1.82, 2.24) is 20.3 Å². The van der Waals surface area contributed by atoms with Crippen LogP contribution in [0.25, 0.3) is 0 Å². The van der Waals surface area contributed by atoms with Gasteiger partial charge in [-0.2, -0.15) is 0 Å². The van der Waals surface area contributed by atoms with Gasteiger partial charge in [0.2, 0.25) is 0 Å². The Bertz CT molecular complexity index is 1010. The van der Waals surface area contributed by atoms with Crippen LogP contribution in [0.5, 0.6) is 0 Å². The Balaban J connectivity index is 1.18. The minimum atomic E-state index is -0.265. The number of ether oxygens (including phenoxy) is 2. The number of nitrogens with one attached hydrogen (secondary N) is 2. The maximum absolute atomic E-state index is 12.3. The van der Waals surface area contributed by atoms with Gasteiger partial charge in [0.15, 0.2) is 5.76 Å². The molecule has 3 aromatic rings. The zero-order valence-corrected chi connectivity index (χ0v) is 17.3. The molecule has 1 amide bonds. The molecule has 5 rings (SSSR count). The summed E-state index contributed by atoms with van der Waals surface area (Å²) in [5, 5.41) is 11.6. The molecule has 0 aliphatic carbocycles. The second kappa shape index (κ2) is 8.62. The quantitative estimate of drug-likeness (QED) is 0.564. The highest BCUT2D eigenvalue weighted by molar-refractivity contribution is 5.91. The van der Waals surface area contributed by atoms with Gasteiger partial charge in [-0.15, -0.1) is 5.10 Å². The van der Waals surface area contributed by atoms with Crippen LogP contribution in [0.2, 0.25) is 0 Å². The van der Waals surface area contributed by atoms with Crippen molar-refractivity contribution in [3.05, 3.63) is 71.9 Å². The molecule has 9 nitrogen and oxygen atoms in total. The van der Waals surface area contributed by atoms with E-state index in [2.05, 4.69) is 46.9 Å². The molecule has 0 saturated carbocycles. The van der Waals surface area contributed by atoms with Gasteiger partial charge < -0.3 is 24.1 Å². The molecule has 0 spiro atoms. The number of carbonyl (C=O) groups excluding carboxylic acids is 1. The molecule has 2 saturated heterocycles. The van der Waals surface area contributed by atoms with E-state index >= 15 is 0 Å². The minimum absolute atomic E-state index is 0.0637. The van der Waals surface area contributed by atoms with Gasteiger partial charge in [-0.3, -0.25) is 4.79 Å². The summed E-state index contributed by atoms with van der Waals surface area (Å²) in [7, 11) is 2.15. The first kappa shape index (κ1) is 19.9. The van der Waals surface area contributed by atoms with Crippen LogP contribution in [-0.4, -0.2) is 59.4 Å². The van der Waals surface area contributed by atoms with E-state index in [9.17, 15) is 4.79 Å².